The number of hydrogen-bond donors (Lipinski definition) is 6. The van der Waals surface area contributed by atoms with Gasteiger partial charge in [0.2, 0.25) is 0 Å². The van der Waals surface area contributed by atoms with Crippen molar-refractivity contribution in [2.45, 2.75) is 49.4 Å². The van der Waals surface area contributed by atoms with Gasteiger partial charge in [-0.05, 0) is 0 Å². The Morgan fingerprint density at radius 1 is 1.08 bits per heavy atom. The average Bonchev–Trinajstić information content (AvgIpc) is 3.53. The Kier molecular flexibility index (Phi) is 7.16. The Balaban J connectivity index is 1.17. The van der Waals surface area contributed by atoms with E-state index in [9.17, 15) is 34.4 Å². The molecule has 5 heterocycles. The highest BCUT2D eigenvalue weighted by Crippen LogP contribution is 2.45. The van der Waals surface area contributed by atoms with E-state index in [1.54, 1.807) is 0 Å². The van der Waals surface area contributed by atoms with Crippen LogP contribution >= 0.6 is 7.82 Å². The Morgan fingerprint density at radius 2 is 1.82 bits per heavy atom. The highest BCUT2D eigenvalue weighted by molar-refractivity contribution is 7.47. The van der Waals surface area contributed by atoms with Gasteiger partial charge < -0.3 is 35.4 Å². The Labute approximate surface area is 211 Å². The maximum atomic E-state index is 12.4. The molecule has 2 saturated heterocycles. The molecule has 4 unspecified atom stereocenters. The number of aromatic amines is 1. The third-order valence-electron chi connectivity index (χ3n) is 6.17. The number of anilines is 1. The third-order valence-corrected chi connectivity index (χ3v) is 7.12. The van der Waals surface area contributed by atoms with Crippen molar-refractivity contribution < 1.29 is 43.3 Å². The minimum atomic E-state index is -4.74. The van der Waals surface area contributed by atoms with Gasteiger partial charge in [0.15, 0.2) is 17.7 Å². The van der Waals surface area contributed by atoms with Crippen LogP contribution in [-0.4, -0.2) is 93.0 Å². The van der Waals surface area contributed by atoms with Crippen LogP contribution in [0.4, 0.5) is 5.82 Å². The van der Waals surface area contributed by atoms with Crippen LogP contribution in [0.2, 0.25) is 0 Å². The molecule has 0 aliphatic carbocycles. The van der Waals surface area contributed by atoms with E-state index in [2.05, 4.69) is 19.9 Å². The first-order valence-corrected chi connectivity index (χ1v) is 12.7. The van der Waals surface area contributed by atoms with Crippen molar-refractivity contribution in [3.63, 3.8) is 0 Å². The van der Waals surface area contributed by atoms with Crippen LogP contribution in [0.5, 0.6) is 0 Å². The van der Waals surface area contributed by atoms with Crippen LogP contribution in [-0.2, 0) is 23.1 Å². The number of hydrogen-bond acceptors (Lipinski definition) is 14. The van der Waals surface area contributed by atoms with Gasteiger partial charge in [0.25, 0.3) is 5.56 Å². The average molecular weight is 557 g/mol. The van der Waals surface area contributed by atoms with Crippen LogP contribution in [0.15, 0.2) is 34.5 Å². The number of H-pyrrole nitrogens is 1. The van der Waals surface area contributed by atoms with Crippen LogP contribution < -0.4 is 17.0 Å². The van der Waals surface area contributed by atoms with E-state index < -0.39 is 75.3 Å². The topological polar surface area (TPSA) is 259 Å². The van der Waals surface area contributed by atoms with E-state index in [0.29, 0.717) is 0 Å². The minimum Gasteiger partial charge on any atom is -0.390 e. The zero-order valence-corrected chi connectivity index (χ0v) is 20.3. The SMILES string of the molecule is Nc1ncnc2c1ncn2C1OC(COP(=O)(O)OC[C@H]2O[C@@H](n3ccc(=O)[nH]c3=O)CC2O)[C@H](O)[C@@H]1O. The Bertz CT molecular complexity index is 1480. The normalized spacial score (nSPS) is 31.1. The van der Waals surface area contributed by atoms with Crippen molar-refractivity contribution in [2.24, 2.45) is 0 Å². The predicted octanol–water partition coefficient (Wildman–Crippen LogP) is -2.64. The van der Waals surface area contributed by atoms with E-state index in [-0.39, 0.29) is 23.4 Å². The molecule has 19 heteroatoms. The summed E-state index contributed by atoms with van der Waals surface area (Å²) in [5.74, 6) is 0.105. The second kappa shape index (κ2) is 10.3. The smallest absolute Gasteiger partial charge is 0.390 e. The lowest BCUT2D eigenvalue weighted by Crippen LogP contribution is -2.33. The van der Waals surface area contributed by atoms with E-state index in [0.717, 1.165) is 10.6 Å². The van der Waals surface area contributed by atoms with E-state index in [1.807, 2.05) is 0 Å². The predicted molar refractivity (Wildman–Crippen MR) is 123 cm³/mol. The number of imidazole rings is 1. The molecule has 0 radical (unpaired) electrons. The van der Waals surface area contributed by atoms with Crippen LogP contribution in [0, 0.1) is 0 Å². The van der Waals surface area contributed by atoms with Crippen molar-refractivity contribution in [1.82, 2.24) is 29.1 Å². The van der Waals surface area contributed by atoms with Crippen molar-refractivity contribution in [1.29, 1.82) is 0 Å². The van der Waals surface area contributed by atoms with Gasteiger partial charge in [0.1, 0.15) is 42.5 Å². The molecule has 5 rings (SSSR count). The lowest BCUT2D eigenvalue weighted by Gasteiger charge is -2.20. The first-order chi connectivity index (χ1) is 18.0. The molecule has 7 N–H and O–H groups in total. The first-order valence-electron chi connectivity index (χ1n) is 11.3. The largest absolute Gasteiger partial charge is 0.472 e. The minimum absolute atomic E-state index is 0.0442. The fraction of sp³-hybridized carbons (Fsp3) is 0.526. The summed E-state index contributed by atoms with van der Waals surface area (Å²) >= 11 is 0. The number of nitrogen functional groups attached to an aromatic ring is 1. The number of fused-ring (bicyclic) bond motifs is 1. The Morgan fingerprint density at radius 3 is 2.55 bits per heavy atom. The van der Waals surface area contributed by atoms with Gasteiger partial charge in [-0.1, -0.05) is 0 Å². The molecule has 0 saturated carbocycles. The van der Waals surface area contributed by atoms with Gasteiger partial charge in [-0.15, -0.1) is 0 Å². The molecule has 3 aromatic rings. The second-order valence-corrected chi connectivity index (χ2v) is 10.1. The maximum absolute atomic E-state index is 12.4. The van der Waals surface area contributed by atoms with E-state index in [1.165, 1.54) is 23.4 Å². The second-order valence-electron chi connectivity index (χ2n) is 8.64. The number of nitrogens with zero attached hydrogens (tertiary/aromatic N) is 5. The van der Waals surface area contributed by atoms with Crippen LogP contribution in [0.1, 0.15) is 18.9 Å². The molecule has 2 aliphatic rings. The number of nitrogens with two attached hydrogens (primary N) is 1. The number of aromatic nitrogens is 6. The molecular weight excluding hydrogens is 533 g/mol. The lowest BCUT2D eigenvalue weighted by molar-refractivity contribution is -0.0597. The molecule has 3 aromatic heterocycles. The zero-order chi connectivity index (χ0) is 27.2. The van der Waals surface area contributed by atoms with Crippen LogP contribution in [0.3, 0.4) is 0 Å². The number of aliphatic hydroxyl groups excluding tert-OH is 3. The highest BCUT2D eigenvalue weighted by atomic mass is 31.2. The van der Waals surface area contributed by atoms with Gasteiger partial charge in [0.05, 0.1) is 25.6 Å². The molecule has 38 heavy (non-hydrogen) atoms. The van der Waals surface area contributed by atoms with Crippen molar-refractivity contribution in [2.75, 3.05) is 18.9 Å². The number of aliphatic hydroxyl groups is 3. The summed E-state index contributed by atoms with van der Waals surface area (Å²) in [5.41, 5.74) is 4.91. The van der Waals surface area contributed by atoms with Gasteiger partial charge in [-0.25, -0.2) is 24.3 Å². The molecule has 206 valence electrons. The molecule has 0 aromatic carbocycles. The highest BCUT2D eigenvalue weighted by Gasteiger charge is 2.45. The van der Waals surface area contributed by atoms with Gasteiger partial charge in [-0.3, -0.25) is 28.0 Å². The third kappa shape index (κ3) is 5.13. The Hall–Kier alpha value is -3.06. The molecule has 0 spiro atoms. The molecule has 8 atom stereocenters. The summed E-state index contributed by atoms with van der Waals surface area (Å²) in [6.07, 6.45) is -4.92. The fourth-order valence-corrected chi connectivity index (χ4v) is 4.96. The van der Waals surface area contributed by atoms with Gasteiger partial charge in [0, 0.05) is 18.7 Å². The van der Waals surface area contributed by atoms with E-state index in [4.69, 9.17) is 24.3 Å². The number of phosphoric acid groups is 1. The summed E-state index contributed by atoms with van der Waals surface area (Å²) in [5, 5.41) is 31.1. The summed E-state index contributed by atoms with van der Waals surface area (Å²) in [6.45, 7) is -1.22. The maximum Gasteiger partial charge on any atom is 0.472 e. The van der Waals surface area contributed by atoms with Crippen molar-refractivity contribution in [3.05, 3.63) is 45.8 Å². The number of ether oxygens (including phenoxy) is 2. The monoisotopic (exact) mass is 557 g/mol. The van der Waals surface area contributed by atoms with Gasteiger partial charge in [-0.2, -0.15) is 0 Å². The van der Waals surface area contributed by atoms with Gasteiger partial charge >= 0.3 is 13.5 Å². The summed E-state index contributed by atoms with van der Waals surface area (Å²) in [4.78, 5) is 47.3. The molecule has 2 aliphatic heterocycles. The quantitative estimate of drug-likeness (QED) is 0.155. The number of phosphoric ester groups is 1. The number of rotatable bonds is 8. The summed E-state index contributed by atoms with van der Waals surface area (Å²) in [7, 11) is -4.74. The molecule has 18 nitrogen and oxygen atoms in total. The molecule has 2 fully saturated rings. The number of nitrogens with one attached hydrogen (secondary N) is 1. The lowest BCUT2D eigenvalue weighted by atomic mass is 10.1. The van der Waals surface area contributed by atoms with E-state index >= 15 is 0 Å². The molecular formula is C19H24N7O11P. The van der Waals surface area contributed by atoms with Crippen molar-refractivity contribution in [3.8, 4) is 0 Å². The summed E-state index contributed by atoms with van der Waals surface area (Å²) < 4.78 is 35.8. The van der Waals surface area contributed by atoms with Crippen molar-refractivity contribution >= 4 is 24.8 Å². The standard InChI is InChI=1S/C19H24N7O11P/c20-16-13-17(22-6-21-16)26(7-23-13)18-15(30)14(29)10(37-18)5-35-38(32,33)34-4-9-8(27)3-12(36-9)25-2-1-11(28)24-19(25)31/h1-2,6-10,12,14-15,18,27,29-30H,3-5H2,(H,32,33)(H2,20,21,22)(H,24,28,31)/t8?,9-,10?,12-,14+,15+,18?/m1/s1. The zero-order valence-electron chi connectivity index (χ0n) is 19.4. The summed E-state index contributed by atoms with van der Waals surface area (Å²) in [6, 6.07) is 1.11. The fourth-order valence-electron chi connectivity index (χ4n) is 4.22. The molecule has 0 amide bonds. The molecule has 0 bridgehead atoms. The van der Waals surface area contributed by atoms with Crippen LogP contribution in [0.25, 0.3) is 11.2 Å². The first kappa shape index (κ1) is 26.5.